The summed E-state index contributed by atoms with van der Waals surface area (Å²) in [4.78, 5) is 0.294. The predicted molar refractivity (Wildman–Crippen MR) is 73.6 cm³/mol. The lowest BCUT2D eigenvalue weighted by Gasteiger charge is -2.20. The average molecular weight is 268 g/mol. The van der Waals surface area contributed by atoms with Crippen molar-refractivity contribution in [1.82, 2.24) is 4.31 Å². The Hall–Kier alpha value is -1.17. The van der Waals surface area contributed by atoms with E-state index in [4.69, 9.17) is 5.73 Å². The highest BCUT2D eigenvalue weighted by atomic mass is 32.2. The Morgan fingerprint density at radius 2 is 1.89 bits per heavy atom. The van der Waals surface area contributed by atoms with Gasteiger partial charge in [-0.3, -0.25) is 0 Å². The Balaban J connectivity index is 3.06. The molecule has 0 unspecified atom stereocenters. The second kappa shape index (κ2) is 6.13. The quantitative estimate of drug-likeness (QED) is 0.799. The van der Waals surface area contributed by atoms with Crippen LogP contribution in [0, 0.1) is 0 Å². The zero-order valence-corrected chi connectivity index (χ0v) is 11.7. The number of rotatable bonds is 6. The van der Waals surface area contributed by atoms with E-state index < -0.39 is 10.0 Å². The van der Waals surface area contributed by atoms with E-state index in [-0.39, 0.29) is 0 Å². The monoisotopic (exact) mass is 268 g/mol. The van der Waals surface area contributed by atoms with Gasteiger partial charge in [-0.25, -0.2) is 8.42 Å². The lowest BCUT2D eigenvalue weighted by atomic mass is 10.2. The summed E-state index contributed by atoms with van der Waals surface area (Å²) >= 11 is 0. The summed E-state index contributed by atoms with van der Waals surface area (Å²) < 4.78 is 26.1. The number of nitrogens with two attached hydrogens (primary N) is 1. The van der Waals surface area contributed by atoms with Gasteiger partial charge in [-0.2, -0.15) is 4.31 Å². The first-order chi connectivity index (χ1) is 8.41. The van der Waals surface area contributed by atoms with Crippen LogP contribution >= 0.6 is 0 Å². The summed E-state index contributed by atoms with van der Waals surface area (Å²) in [5.74, 6) is 0. The van der Waals surface area contributed by atoms with Gasteiger partial charge in [0.1, 0.15) is 0 Å². The van der Waals surface area contributed by atoms with E-state index in [1.807, 2.05) is 13.8 Å². The molecular weight excluding hydrogens is 248 g/mol. The maximum absolute atomic E-state index is 12.4. The normalized spacial score (nSPS) is 11.8. The van der Waals surface area contributed by atoms with E-state index in [1.54, 1.807) is 24.3 Å². The van der Waals surface area contributed by atoms with Crippen molar-refractivity contribution in [3.05, 3.63) is 42.0 Å². The zero-order valence-electron chi connectivity index (χ0n) is 10.9. The first-order valence-corrected chi connectivity index (χ1v) is 7.29. The van der Waals surface area contributed by atoms with Crippen LogP contribution in [0.2, 0.25) is 0 Å². The average Bonchev–Trinajstić information content (AvgIpc) is 2.35. The number of hydrogen-bond acceptors (Lipinski definition) is 3. The number of benzene rings is 1. The van der Waals surface area contributed by atoms with Crippen LogP contribution < -0.4 is 5.73 Å². The van der Waals surface area contributed by atoms with Crippen molar-refractivity contribution >= 4 is 10.0 Å². The maximum Gasteiger partial charge on any atom is 0.243 e. The highest BCUT2D eigenvalue weighted by molar-refractivity contribution is 7.89. The second-order valence-corrected chi connectivity index (χ2v) is 6.17. The standard InChI is InChI=1S/C13H20N2O2S/c1-4-15(10-11(2)3)18(16,17)13-7-5-12(9-14)6-8-13/h5-8H,2,4,9-10,14H2,1,3H3. The zero-order chi connectivity index (χ0) is 13.8. The van der Waals surface area contributed by atoms with Gasteiger partial charge >= 0.3 is 0 Å². The summed E-state index contributed by atoms with van der Waals surface area (Å²) in [6.45, 7) is 8.56. The van der Waals surface area contributed by atoms with Gasteiger partial charge in [0, 0.05) is 19.6 Å². The maximum atomic E-state index is 12.4. The smallest absolute Gasteiger partial charge is 0.243 e. The van der Waals surface area contributed by atoms with E-state index in [9.17, 15) is 8.42 Å². The van der Waals surface area contributed by atoms with Crippen molar-refractivity contribution in [1.29, 1.82) is 0 Å². The largest absolute Gasteiger partial charge is 0.326 e. The molecule has 18 heavy (non-hydrogen) atoms. The van der Waals surface area contributed by atoms with E-state index >= 15 is 0 Å². The van der Waals surface area contributed by atoms with Crippen LogP contribution in [0.4, 0.5) is 0 Å². The molecule has 5 heteroatoms. The van der Waals surface area contributed by atoms with Crippen molar-refractivity contribution in [2.75, 3.05) is 13.1 Å². The Bertz CT molecular complexity index is 506. The molecule has 1 aromatic carbocycles. The van der Waals surface area contributed by atoms with Gasteiger partial charge in [-0.05, 0) is 24.6 Å². The van der Waals surface area contributed by atoms with Gasteiger partial charge in [0.25, 0.3) is 0 Å². The molecule has 100 valence electrons. The molecule has 0 saturated carbocycles. The van der Waals surface area contributed by atoms with Crippen molar-refractivity contribution < 1.29 is 8.42 Å². The molecule has 0 saturated heterocycles. The molecule has 4 nitrogen and oxygen atoms in total. The van der Waals surface area contributed by atoms with Gasteiger partial charge in [-0.15, -0.1) is 0 Å². The molecule has 0 fully saturated rings. The molecule has 1 aromatic rings. The molecule has 2 N–H and O–H groups in total. The minimum absolute atomic E-state index is 0.294. The van der Waals surface area contributed by atoms with Crippen LogP contribution in [0.3, 0.4) is 0 Å². The lowest BCUT2D eigenvalue weighted by Crippen LogP contribution is -2.32. The summed E-state index contributed by atoms with van der Waals surface area (Å²) in [5, 5.41) is 0. The molecule has 0 radical (unpaired) electrons. The molecule has 0 spiro atoms. The van der Waals surface area contributed by atoms with E-state index in [2.05, 4.69) is 6.58 Å². The summed E-state index contributed by atoms with van der Waals surface area (Å²) in [6.07, 6.45) is 0. The van der Waals surface area contributed by atoms with Crippen molar-refractivity contribution in [3.8, 4) is 0 Å². The molecule has 0 bridgehead atoms. The van der Waals surface area contributed by atoms with Crippen LogP contribution in [0.5, 0.6) is 0 Å². The summed E-state index contributed by atoms with van der Waals surface area (Å²) in [6, 6.07) is 6.67. The fourth-order valence-corrected chi connectivity index (χ4v) is 3.12. The molecule has 0 atom stereocenters. The molecule has 0 amide bonds. The van der Waals surface area contributed by atoms with Crippen LogP contribution in [0.1, 0.15) is 19.4 Å². The highest BCUT2D eigenvalue weighted by Crippen LogP contribution is 2.17. The second-order valence-electron chi connectivity index (χ2n) is 4.24. The Morgan fingerprint density at radius 1 is 1.33 bits per heavy atom. The van der Waals surface area contributed by atoms with Gasteiger partial charge < -0.3 is 5.73 Å². The number of sulfonamides is 1. The van der Waals surface area contributed by atoms with E-state index in [0.717, 1.165) is 11.1 Å². The minimum atomic E-state index is -3.44. The molecular formula is C13H20N2O2S. The van der Waals surface area contributed by atoms with Crippen LogP contribution in [-0.2, 0) is 16.6 Å². The van der Waals surface area contributed by atoms with Crippen molar-refractivity contribution in [2.24, 2.45) is 5.73 Å². The first kappa shape index (κ1) is 14.9. The van der Waals surface area contributed by atoms with Gasteiger partial charge in [0.15, 0.2) is 0 Å². The number of hydrogen-bond donors (Lipinski definition) is 1. The van der Waals surface area contributed by atoms with Crippen molar-refractivity contribution in [3.63, 3.8) is 0 Å². The Labute approximate surface area is 109 Å². The molecule has 0 heterocycles. The van der Waals surface area contributed by atoms with Gasteiger partial charge in [0.05, 0.1) is 4.90 Å². The minimum Gasteiger partial charge on any atom is -0.326 e. The summed E-state index contributed by atoms with van der Waals surface area (Å²) in [7, 11) is -3.44. The topological polar surface area (TPSA) is 63.4 Å². The fourth-order valence-electron chi connectivity index (χ4n) is 1.61. The van der Waals surface area contributed by atoms with E-state index in [1.165, 1.54) is 4.31 Å². The van der Waals surface area contributed by atoms with Crippen LogP contribution in [-0.4, -0.2) is 25.8 Å². The summed E-state index contributed by atoms with van der Waals surface area (Å²) in [5.41, 5.74) is 7.22. The third-order valence-electron chi connectivity index (χ3n) is 2.60. The first-order valence-electron chi connectivity index (χ1n) is 5.85. The van der Waals surface area contributed by atoms with Crippen LogP contribution in [0.15, 0.2) is 41.3 Å². The predicted octanol–water partition coefficient (Wildman–Crippen LogP) is 1.73. The molecule has 0 aliphatic heterocycles. The molecule has 0 aromatic heterocycles. The third-order valence-corrected chi connectivity index (χ3v) is 4.53. The van der Waals surface area contributed by atoms with Gasteiger partial charge in [-0.1, -0.05) is 31.2 Å². The van der Waals surface area contributed by atoms with E-state index in [0.29, 0.717) is 24.5 Å². The molecule has 0 aliphatic carbocycles. The van der Waals surface area contributed by atoms with Crippen LogP contribution in [0.25, 0.3) is 0 Å². The number of nitrogens with zero attached hydrogens (tertiary/aromatic N) is 1. The fraction of sp³-hybridized carbons (Fsp3) is 0.385. The molecule has 1 rings (SSSR count). The highest BCUT2D eigenvalue weighted by Gasteiger charge is 2.22. The third kappa shape index (κ3) is 3.41. The van der Waals surface area contributed by atoms with Crippen molar-refractivity contribution in [2.45, 2.75) is 25.3 Å². The number of likely N-dealkylation sites (N-methyl/N-ethyl adjacent to an activating group) is 1. The SMILES string of the molecule is C=C(C)CN(CC)S(=O)(=O)c1ccc(CN)cc1. The van der Waals surface area contributed by atoms with Gasteiger partial charge in [0.2, 0.25) is 10.0 Å². The Kier molecular flexibility index (Phi) is 5.07. The lowest BCUT2D eigenvalue weighted by molar-refractivity contribution is 0.453. The Morgan fingerprint density at radius 3 is 2.28 bits per heavy atom. The molecule has 0 aliphatic rings.